The lowest BCUT2D eigenvalue weighted by Gasteiger charge is -2.31. The van der Waals surface area contributed by atoms with Gasteiger partial charge in [-0.15, -0.1) is 0 Å². The first-order chi connectivity index (χ1) is 15.8. The lowest BCUT2D eigenvalue weighted by atomic mass is 9.97. The summed E-state index contributed by atoms with van der Waals surface area (Å²) in [5, 5.41) is 3.14. The molecule has 0 aliphatic carbocycles. The van der Waals surface area contributed by atoms with Crippen LogP contribution < -0.4 is 10.2 Å². The van der Waals surface area contributed by atoms with Gasteiger partial charge < -0.3 is 10.2 Å². The number of piperidine rings is 1. The zero-order valence-corrected chi connectivity index (χ0v) is 20.7. The summed E-state index contributed by atoms with van der Waals surface area (Å²) in [7, 11) is -3.55. The van der Waals surface area contributed by atoms with E-state index in [1.54, 1.807) is 4.31 Å². The van der Waals surface area contributed by atoms with Crippen LogP contribution in [0.2, 0.25) is 0 Å². The average Bonchev–Trinajstić information content (AvgIpc) is 3.26. The molecule has 0 saturated carbocycles. The van der Waals surface area contributed by atoms with Crippen molar-refractivity contribution in [2.75, 3.05) is 37.6 Å². The molecule has 2 aromatic rings. The number of para-hydroxylation sites is 1. The maximum atomic E-state index is 13.3. The molecule has 1 atom stereocenters. The Hall–Kier alpha value is -2.38. The highest BCUT2D eigenvalue weighted by atomic mass is 32.2. The molecule has 4 rings (SSSR count). The highest BCUT2D eigenvalue weighted by Gasteiger charge is 2.34. The second-order valence-corrected chi connectivity index (χ2v) is 11.5. The fourth-order valence-corrected chi connectivity index (χ4v) is 7.20. The van der Waals surface area contributed by atoms with Crippen LogP contribution in [0, 0.1) is 32.6 Å². The van der Waals surface area contributed by atoms with Crippen molar-refractivity contribution >= 4 is 21.6 Å². The van der Waals surface area contributed by atoms with Crippen LogP contribution in [0.25, 0.3) is 0 Å². The number of benzene rings is 2. The standard InChI is InChI=1S/C26H35N3O3S/c1-19-15-20(2)25(21(3)16-19)33(31,32)29-13-10-23(11-14-29)26(30)27-17-22-9-12-28(18-22)24-7-5-4-6-8-24/h4-8,15-16,22-23H,9-14,17-18H2,1-3H3,(H,27,30). The van der Waals surface area contributed by atoms with E-state index in [0.29, 0.717) is 43.3 Å². The van der Waals surface area contributed by atoms with E-state index in [1.807, 2.05) is 39.0 Å². The minimum absolute atomic E-state index is 0.0629. The Kier molecular flexibility index (Phi) is 7.10. The second kappa shape index (κ2) is 9.85. The summed E-state index contributed by atoms with van der Waals surface area (Å²) in [6.07, 6.45) is 2.20. The minimum atomic E-state index is -3.55. The smallest absolute Gasteiger partial charge is 0.243 e. The van der Waals surface area contributed by atoms with Crippen LogP contribution in [0.5, 0.6) is 0 Å². The third-order valence-corrected chi connectivity index (χ3v) is 9.20. The van der Waals surface area contributed by atoms with E-state index in [0.717, 1.165) is 36.2 Å². The fraction of sp³-hybridized carbons (Fsp3) is 0.500. The summed E-state index contributed by atoms with van der Waals surface area (Å²) < 4.78 is 28.1. The van der Waals surface area contributed by atoms with Gasteiger partial charge in [-0.25, -0.2) is 8.42 Å². The van der Waals surface area contributed by atoms with Gasteiger partial charge in [0, 0.05) is 44.3 Å². The first kappa shape index (κ1) is 23.8. The van der Waals surface area contributed by atoms with Crippen LogP contribution in [0.4, 0.5) is 5.69 Å². The van der Waals surface area contributed by atoms with Crippen LogP contribution in [-0.4, -0.2) is 51.4 Å². The van der Waals surface area contributed by atoms with Gasteiger partial charge in [-0.3, -0.25) is 4.79 Å². The zero-order chi connectivity index (χ0) is 23.6. The maximum absolute atomic E-state index is 13.3. The van der Waals surface area contributed by atoms with Gasteiger partial charge in [-0.05, 0) is 69.2 Å². The lowest BCUT2D eigenvalue weighted by molar-refractivity contribution is -0.126. The van der Waals surface area contributed by atoms with Crippen molar-refractivity contribution in [3.8, 4) is 0 Å². The number of hydrogen-bond acceptors (Lipinski definition) is 4. The summed E-state index contributed by atoms with van der Waals surface area (Å²) in [4.78, 5) is 15.6. The summed E-state index contributed by atoms with van der Waals surface area (Å²) in [5.41, 5.74) is 3.87. The monoisotopic (exact) mass is 469 g/mol. The van der Waals surface area contributed by atoms with Gasteiger partial charge in [0.15, 0.2) is 0 Å². The summed E-state index contributed by atoms with van der Waals surface area (Å²) in [6, 6.07) is 14.2. The third-order valence-electron chi connectivity index (χ3n) is 7.00. The first-order valence-electron chi connectivity index (χ1n) is 11.9. The van der Waals surface area contributed by atoms with E-state index in [9.17, 15) is 13.2 Å². The molecule has 33 heavy (non-hydrogen) atoms. The van der Waals surface area contributed by atoms with E-state index in [1.165, 1.54) is 5.69 Å². The van der Waals surface area contributed by atoms with Crippen molar-refractivity contribution in [1.29, 1.82) is 0 Å². The molecule has 2 aliphatic rings. The van der Waals surface area contributed by atoms with Crippen molar-refractivity contribution < 1.29 is 13.2 Å². The third kappa shape index (κ3) is 5.25. The second-order valence-electron chi connectivity index (χ2n) is 9.59. The summed E-state index contributed by atoms with van der Waals surface area (Å²) in [6.45, 7) is 9.11. The number of amides is 1. The molecule has 1 unspecified atom stereocenters. The molecule has 1 amide bonds. The molecule has 1 N–H and O–H groups in total. The van der Waals surface area contributed by atoms with E-state index in [4.69, 9.17) is 0 Å². The van der Waals surface area contributed by atoms with Crippen molar-refractivity contribution in [2.24, 2.45) is 11.8 Å². The first-order valence-corrected chi connectivity index (χ1v) is 13.4. The molecular formula is C26H35N3O3S. The molecule has 2 aromatic carbocycles. The molecule has 0 radical (unpaired) electrons. The van der Waals surface area contributed by atoms with E-state index < -0.39 is 10.0 Å². The number of nitrogens with one attached hydrogen (secondary N) is 1. The van der Waals surface area contributed by atoms with Gasteiger partial charge in [0.2, 0.25) is 15.9 Å². The van der Waals surface area contributed by atoms with E-state index >= 15 is 0 Å². The summed E-state index contributed by atoms with van der Waals surface area (Å²) >= 11 is 0. The van der Waals surface area contributed by atoms with Crippen molar-refractivity contribution in [1.82, 2.24) is 9.62 Å². The normalized spacial score (nSPS) is 20.2. The predicted molar refractivity (Wildman–Crippen MR) is 132 cm³/mol. The molecule has 2 fully saturated rings. The molecule has 6 nitrogen and oxygen atoms in total. The molecule has 7 heteroatoms. The molecule has 2 aliphatic heterocycles. The topological polar surface area (TPSA) is 69.7 Å². The van der Waals surface area contributed by atoms with Crippen LogP contribution in [0.1, 0.15) is 36.0 Å². The number of carbonyl (C=O) groups excluding carboxylic acids is 1. The van der Waals surface area contributed by atoms with E-state index in [2.05, 4.69) is 34.5 Å². The number of aryl methyl sites for hydroxylation is 3. The number of carbonyl (C=O) groups is 1. The van der Waals surface area contributed by atoms with Gasteiger partial charge in [0.05, 0.1) is 4.90 Å². The Bertz CT molecular complexity index is 1070. The molecule has 178 valence electrons. The number of anilines is 1. The minimum Gasteiger partial charge on any atom is -0.371 e. The maximum Gasteiger partial charge on any atom is 0.243 e. The number of nitrogens with zero attached hydrogens (tertiary/aromatic N) is 2. The summed E-state index contributed by atoms with van der Waals surface area (Å²) in [5.74, 6) is 0.387. The van der Waals surface area contributed by atoms with Crippen LogP contribution >= 0.6 is 0 Å². The van der Waals surface area contributed by atoms with Gasteiger partial charge in [-0.1, -0.05) is 35.9 Å². The number of hydrogen-bond donors (Lipinski definition) is 1. The van der Waals surface area contributed by atoms with Crippen molar-refractivity contribution in [3.05, 3.63) is 59.2 Å². The van der Waals surface area contributed by atoms with Gasteiger partial charge in [-0.2, -0.15) is 4.31 Å². The molecule has 0 spiro atoms. The van der Waals surface area contributed by atoms with Crippen LogP contribution in [0.3, 0.4) is 0 Å². The quantitative estimate of drug-likeness (QED) is 0.701. The SMILES string of the molecule is Cc1cc(C)c(S(=O)(=O)N2CCC(C(=O)NCC3CCN(c4ccccc4)C3)CC2)c(C)c1. The molecule has 2 saturated heterocycles. The van der Waals surface area contributed by atoms with Crippen molar-refractivity contribution in [3.63, 3.8) is 0 Å². The lowest BCUT2D eigenvalue weighted by Crippen LogP contribution is -2.44. The molecule has 0 aromatic heterocycles. The number of sulfonamides is 1. The highest BCUT2D eigenvalue weighted by molar-refractivity contribution is 7.89. The molecule has 2 heterocycles. The average molecular weight is 470 g/mol. The fourth-order valence-electron chi connectivity index (χ4n) is 5.32. The van der Waals surface area contributed by atoms with Crippen molar-refractivity contribution in [2.45, 2.75) is 44.9 Å². The van der Waals surface area contributed by atoms with Gasteiger partial charge in [0.25, 0.3) is 0 Å². The van der Waals surface area contributed by atoms with E-state index in [-0.39, 0.29) is 11.8 Å². The Morgan fingerprint density at radius 1 is 0.970 bits per heavy atom. The Balaban J connectivity index is 1.28. The van der Waals surface area contributed by atoms with Crippen LogP contribution in [-0.2, 0) is 14.8 Å². The molecule has 0 bridgehead atoms. The molecular weight excluding hydrogens is 434 g/mol. The van der Waals surface area contributed by atoms with Crippen LogP contribution in [0.15, 0.2) is 47.4 Å². The highest BCUT2D eigenvalue weighted by Crippen LogP contribution is 2.29. The van der Waals surface area contributed by atoms with Gasteiger partial charge in [0.1, 0.15) is 0 Å². The number of rotatable bonds is 6. The largest absolute Gasteiger partial charge is 0.371 e. The Labute approximate surface area is 198 Å². The Morgan fingerprint density at radius 2 is 1.61 bits per heavy atom. The Morgan fingerprint density at radius 3 is 2.24 bits per heavy atom. The predicted octanol–water partition coefficient (Wildman–Crippen LogP) is 3.66. The zero-order valence-electron chi connectivity index (χ0n) is 19.9. The van der Waals surface area contributed by atoms with Gasteiger partial charge >= 0.3 is 0 Å².